The predicted molar refractivity (Wildman–Crippen MR) is 115 cm³/mol. The number of thioether (sulfide) groups is 1. The van der Waals surface area contributed by atoms with Crippen LogP contribution in [0.1, 0.15) is 22.4 Å². The van der Waals surface area contributed by atoms with Crippen molar-refractivity contribution >= 4 is 29.0 Å². The highest BCUT2D eigenvalue weighted by Crippen LogP contribution is 2.31. The topological polar surface area (TPSA) is 94.8 Å². The van der Waals surface area contributed by atoms with E-state index in [-0.39, 0.29) is 11.5 Å². The third-order valence-corrected chi connectivity index (χ3v) is 6.06. The van der Waals surface area contributed by atoms with Crippen LogP contribution in [0.15, 0.2) is 59.3 Å². The molecule has 0 aliphatic heterocycles. The fourth-order valence-electron chi connectivity index (χ4n) is 2.70. The smallest absolute Gasteiger partial charge is 0.274 e. The molecule has 0 aliphatic carbocycles. The van der Waals surface area contributed by atoms with E-state index < -0.39 is 5.91 Å². The average molecular weight is 457 g/mol. The van der Waals surface area contributed by atoms with Gasteiger partial charge in [0, 0.05) is 23.3 Å². The van der Waals surface area contributed by atoms with Crippen LogP contribution in [0.3, 0.4) is 0 Å². The molecule has 0 atom stereocenters. The van der Waals surface area contributed by atoms with Crippen LogP contribution in [-0.4, -0.2) is 37.2 Å². The van der Waals surface area contributed by atoms with Gasteiger partial charge in [0.05, 0.1) is 18.0 Å². The number of para-hydroxylation sites is 1. The van der Waals surface area contributed by atoms with Gasteiger partial charge in [-0.15, -0.1) is 21.5 Å². The number of carbonyl (C=O) groups excluding carboxylic acids is 1. The minimum Gasteiger partial charge on any atom is -0.274 e. The van der Waals surface area contributed by atoms with Gasteiger partial charge in [-0.2, -0.15) is 0 Å². The molecule has 1 aromatic carbocycles. The summed E-state index contributed by atoms with van der Waals surface area (Å²) in [6.07, 6.45) is 3.29. The highest BCUT2D eigenvalue weighted by Gasteiger charge is 2.19. The van der Waals surface area contributed by atoms with Gasteiger partial charge in [-0.3, -0.25) is 19.2 Å². The number of hydrogen-bond acceptors (Lipinski definition) is 8. The van der Waals surface area contributed by atoms with Crippen molar-refractivity contribution < 1.29 is 14.0 Å². The monoisotopic (exact) mass is 456 g/mol. The summed E-state index contributed by atoms with van der Waals surface area (Å²) in [5.41, 5.74) is 3.71. The summed E-state index contributed by atoms with van der Waals surface area (Å²) in [5.74, 6) is 0.161. The number of carbonyl (C=O) groups is 1. The van der Waals surface area contributed by atoms with Crippen molar-refractivity contribution in [2.24, 2.45) is 0 Å². The zero-order valence-corrected chi connectivity index (χ0v) is 18.0. The molecule has 31 heavy (non-hydrogen) atoms. The second kappa shape index (κ2) is 9.77. The maximum Gasteiger partial charge on any atom is 0.294 e. The van der Waals surface area contributed by atoms with Crippen LogP contribution in [0, 0.1) is 5.82 Å². The molecule has 11 heteroatoms. The SMILES string of the molecule is CCONC(=O)c1csc(CSc2nnc(-c3ccncc3)n2-c2ccccc2F)n1. The van der Waals surface area contributed by atoms with E-state index >= 15 is 0 Å². The van der Waals surface area contributed by atoms with Crippen molar-refractivity contribution in [1.29, 1.82) is 0 Å². The first kappa shape index (κ1) is 21.1. The molecule has 8 nitrogen and oxygen atoms in total. The van der Waals surface area contributed by atoms with E-state index in [1.54, 1.807) is 59.6 Å². The van der Waals surface area contributed by atoms with E-state index in [0.29, 0.717) is 29.0 Å². The zero-order chi connectivity index (χ0) is 21.6. The molecular formula is C20H17FN6O2S2. The van der Waals surface area contributed by atoms with Gasteiger partial charge >= 0.3 is 0 Å². The van der Waals surface area contributed by atoms with Gasteiger partial charge in [0.15, 0.2) is 11.0 Å². The molecule has 0 fully saturated rings. The first-order valence-electron chi connectivity index (χ1n) is 9.27. The summed E-state index contributed by atoms with van der Waals surface area (Å²) in [6.45, 7) is 2.14. The lowest BCUT2D eigenvalue weighted by Crippen LogP contribution is -2.23. The Morgan fingerprint density at radius 3 is 2.81 bits per heavy atom. The highest BCUT2D eigenvalue weighted by atomic mass is 32.2. The van der Waals surface area contributed by atoms with Crippen molar-refractivity contribution in [3.8, 4) is 17.1 Å². The van der Waals surface area contributed by atoms with E-state index in [9.17, 15) is 9.18 Å². The molecule has 0 saturated carbocycles. The lowest BCUT2D eigenvalue weighted by Gasteiger charge is -2.10. The predicted octanol–water partition coefficient (Wildman–Crippen LogP) is 3.90. The zero-order valence-electron chi connectivity index (χ0n) is 16.4. The highest BCUT2D eigenvalue weighted by molar-refractivity contribution is 7.98. The standard InChI is InChI=1S/C20H17FN6O2S2/c1-2-29-26-19(28)15-11-30-17(23-15)12-31-20-25-24-18(13-7-9-22-10-8-13)27(20)16-6-4-3-5-14(16)21/h3-11H,2,12H2,1H3,(H,26,28). The largest absolute Gasteiger partial charge is 0.294 e. The van der Waals surface area contributed by atoms with E-state index in [0.717, 1.165) is 10.6 Å². The van der Waals surface area contributed by atoms with Crippen LogP contribution < -0.4 is 5.48 Å². The molecule has 1 amide bonds. The Balaban J connectivity index is 1.61. The van der Waals surface area contributed by atoms with E-state index in [1.807, 2.05) is 0 Å². The van der Waals surface area contributed by atoms with E-state index in [4.69, 9.17) is 4.84 Å². The number of hydroxylamine groups is 1. The first-order valence-corrected chi connectivity index (χ1v) is 11.1. The number of amides is 1. The van der Waals surface area contributed by atoms with Crippen LogP contribution in [0.2, 0.25) is 0 Å². The number of benzene rings is 1. The van der Waals surface area contributed by atoms with Crippen molar-refractivity contribution in [3.63, 3.8) is 0 Å². The fraction of sp³-hybridized carbons (Fsp3) is 0.150. The van der Waals surface area contributed by atoms with Gasteiger partial charge < -0.3 is 0 Å². The molecule has 0 spiro atoms. The second-order valence-corrected chi connectivity index (χ2v) is 7.99. The van der Waals surface area contributed by atoms with Crippen molar-refractivity contribution in [2.45, 2.75) is 17.8 Å². The van der Waals surface area contributed by atoms with Crippen molar-refractivity contribution in [3.05, 3.63) is 70.7 Å². The Kier molecular flexibility index (Phi) is 6.65. The molecule has 0 bridgehead atoms. The summed E-state index contributed by atoms with van der Waals surface area (Å²) < 4.78 is 16.3. The molecule has 0 saturated heterocycles. The van der Waals surface area contributed by atoms with E-state index in [2.05, 4.69) is 25.6 Å². The van der Waals surface area contributed by atoms with Gasteiger partial charge in [-0.05, 0) is 31.2 Å². The molecule has 4 rings (SSSR count). The Morgan fingerprint density at radius 2 is 2.03 bits per heavy atom. The normalized spacial score (nSPS) is 10.9. The number of nitrogens with zero attached hydrogens (tertiary/aromatic N) is 5. The van der Waals surface area contributed by atoms with Gasteiger partial charge in [-0.1, -0.05) is 23.9 Å². The average Bonchev–Trinajstić information content (AvgIpc) is 3.44. The Morgan fingerprint density at radius 1 is 1.23 bits per heavy atom. The molecular weight excluding hydrogens is 439 g/mol. The van der Waals surface area contributed by atoms with Gasteiger partial charge in [-0.25, -0.2) is 14.9 Å². The number of halogens is 1. The van der Waals surface area contributed by atoms with E-state index in [1.165, 1.54) is 29.2 Å². The third kappa shape index (κ3) is 4.79. The number of rotatable bonds is 8. The summed E-state index contributed by atoms with van der Waals surface area (Å²) in [4.78, 5) is 25.2. The molecule has 3 aromatic heterocycles. The minimum absolute atomic E-state index is 0.280. The lowest BCUT2D eigenvalue weighted by molar-refractivity contribution is 0.0360. The number of pyridine rings is 1. The lowest BCUT2D eigenvalue weighted by atomic mass is 10.2. The summed E-state index contributed by atoms with van der Waals surface area (Å²) in [6, 6.07) is 10.0. The number of hydrogen-bond donors (Lipinski definition) is 1. The molecule has 0 radical (unpaired) electrons. The Labute approximate surface area is 185 Å². The van der Waals surface area contributed by atoms with Crippen LogP contribution in [0.4, 0.5) is 4.39 Å². The maximum absolute atomic E-state index is 14.6. The molecule has 158 valence electrons. The number of aromatic nitrogens is 5. The molecule has 4 aromatic rings. The molecule has 3 heterocycles. The summed E-state index contributed by atoms with van der Waals surface area (Å²) >= 11 is 2.70. The van der Waals surface area contributed by atoms with Gasteiger partial charge in [0.2, 0.25) is 0 Å². The van der Waals surface area contributed by atoms with Crippen LogP contribution >= 0.6 is 23.1 Å². The summed E-state index contributed by atoms with van der Waals surface area (Å²) in [7, 11) is 0. The van der Waals surface area contributed by atoms with Gasteiger partial charge in [0.1, 0.15) is 16.5 Å². The van der Waals surface area contributed by atoms with Crippen molar-refractivity contribution in [2.75, 3.05) is 6.61 Å². The molecule has 1 N–H and O–H groups in total. The number of nitrogens with one attached hydrogen (secondary N) is 1. The fourth-order valence-corrected chi connectivity index (χ4v) is 4.44. The minimum atomic E-state index is -0.399. The molecule has 0 aliphatic rings. The van der Waals surface area contributed by atoms with Crippen molar-refractivity contribution in [1.82, 2.24) is 30.2 Å². The van der Waals surface area contributed by atoms with Crippen LogP contribution in [0.5, 0.6) is 0 Å². The van der Waals surface area contributed by atoms with Gasteiger partial charge in [0.25, 0.3) is 5.91 Å². The summed E-state index contributed by atoms with van der Waals surface area (Å²) in [5, 5.41) is 11.4. The second-order valence-electron chi connectivity index (χ2n) is 6.11. The Bertz CT molecular complexity index is 1180. The van der Waals surface area contributed by atoms with Crippen LogP contribution in [-0.2, 0) is 10.6 Å². The quantitative estimate of drug-likeness (QED) is 0.317. The first-order chi connectivity index (χ1) is 15.2. The maximum atomic E-state index is 14.6. The number of thiazole rings is 1. The molecule has 0 unspecified atom stereocenters. The van der Waals surface area contributed by atoms with Crippen LogP contribution in [0.25, 0.3) is 17.1 Å². The third-order valence-electron chi connectivity index (χ3n) is 4.08. The Hall–Kier alpha value is -3.15.